The Kier molecular flexibility index (Phi) is 5.06. The van der Waals surface area contributed by atoms with E-state index < -0.39 is 0 Å². The number of carbonyl (C=O) groups is 1. The maximum atomic E-state index is 12.5. The molecular weight excluding hydrogens is 454 g/mol. The van der Waals surface area contributed by atoms with E-state index in [9.17, 15) is 4.79 Å². The first kappa shape index (κ1) is 19.6. The summed E-state index contributed by atoms with van der Waals surface area (Å²) in [5.41, 5.74) is 4.49. The topological polar surface area (TPSA) is 92.9 Å². The third-order valence-corrected chi connectivity index (χ3v) is 5.58. The van der Waals surface area contributed by atoms with E-state index in [1.165, 1.54) is 0 Å². The Labute approximate surface area is 190 Å². The molecule has 3 aromatic carbocycles. The van der Waals surface area contributed by atoms with Gasteiger partial charge in [0.15, 0.2) is 10.7 Å². The summed E-state index contributed by atoms with van der Waals surface area (Å²) < 4.78 is 14.1. The lowest BCUT2D eigenvalue weighted by atomic mass is 10.2. The summed E-state index contributed by atoms with van der Waals surface area (Å²) in [5.74, 6) is 0.0940. The van der Waals surface area contributed by atoms with Crippen molar-refractivity contribution in [2.24, 2.45) is 0 Å². The summed E-state index contributed by atoms with van der Waals surface area (Å²) in [4.78, 5) is 17.0. The molecule has 0 aliphatic rings. The van der Waals surface area contributed by atoms with E-state index in [4.69, 9.17) is 28.2 Å². The molecule has 0 saturated carbocycles. The molecule has 2 N–H and O–H groups in total. The van der Waals surface area contributed by atoms with Crippen LogP contribution in [0.4, 0.5) is 5.69 Å². The molecule has 2 heterocycles. The quantitative estimate of drug-likeness (QED) is 0.350. The number of carbonyl (C=O) groups excluding carboxylic acids is 1. The summed E-state index contributed by atoms with van der Waals surface area (Å²) in [5, 5.41) is 6.38. The zero-order chi connectivity index (χ0) is 21.4. The van der Waals surface area contributed by atoms with Crippen molar-refractivity contribution in [3.8, 4) is 11.5 Å². The second-order valence-electron chi connectivity index (χ2n) is 6.56. The summed E-state index contributed by atoms with van der Waals surface area (Å²) >= 11 is 12.6. The number of thiocarbonyl (C=S) groups is 1. The highest BCUT2D eigenvalue weighted by Gasteiger charge is 2.13. The molecule has 5 rings (SSSR count). The molecule has 0 spiro atoms. The number of nitrogens with zero attached hydrogens (tertiary/aromatic N) is 3. The maximum absolute atomic E-state index is 12.5. The van der Waals surface area contributed by atoms with Crippen molar-refractivity contribution in [1.29, 1.82) is 0 Å². The van der Waals surface area contributed by atoms with Gasteiger partial charge in [-0.05, 0) is 60.7 Å². The Balaban J connectivity index is 1.32. The van der Waals surface area contributed by atoms with Gasteiger partial charge in [-0.2, -0.15) is 8.75 Å². The summed E-state index contributed by atoms with van der Waals surface area (Å²) in [6.07, 6.45) is 0. The molecule has 0 fully saturated rings. The summed E-state index contributed by atoms with van der Waals surface area (Å²) in [7, 11) is 0. The molecule has 2 aromatic heterocycles. The molecule has 0 saturated heterocycles. The van der Waals surface area contributed by atoms with Gasteiger partial charge < -0.3 is 9.73 Å². The van der Waals surface area contributed by atoms with Crippen molar-refractivity contribution in [2.75, 3.05) is 5.32 Å². The van der Waals surface area contributed by atoms with Crippen LogP contribution in [-0.2, 0) is 0 Å². The fourth-order valence-corrected chi connectivity index (χ4v) is 3.96. The summed E-state index contributed by atoms with van der Waals surface area (Å²) in [6, 6.07) is 17.8. The van der Waals surface area contributed by atoms with Gasteiger partial charge in [0, 0.05) is 11.3 Å². The molecule has 1 amide bonds. The normalized spacial score (nSPS) is 11.0. The van der Waals surface area contributed by atoms with Gasteiger partial charge >= 0.3 is 0 Å². The lowest BCUT2D eigenvalue weighted by Gasteiger charge is -2.09. The number of nitrogens with one attached hydrogen (secondary N) is 2. The highest BCUT2D eigenvalue weighted by atomic mass is 35.5. The Hall–Kier alpha value is -3.40. The molecule has 0 atom stereocenters. The number of benzene rings is 3. The molecular formula is C21H12ClN5O2S2. The first-order chi connectivity index (χ1) is 15.1. The van der Waals surface area contributed by atoms with Gasteiger partial charge in [0.05, 0.1) is 22.3 Å². The predicted molar refractivity (Wildman–Crippen MR) is 126 cm³/mol. The van der Waals surface area contributed by atoms with Gasteiger partial charge in [0.2, 0.25) is 5.89 Å². The van der Waals surface area contributed by atoms with Gasteiger partial charge in [0.1, 0.15) is 16.6 Å². The van der Waals surface area contributed by atoms with Crippen LogP contribution in [0.25, 0.3) is 33.6 Å². The van der Waals surface area contributed by atoms with Crippen LogP contribution in [0, 0.1) is 0 Å². The number of fused-ring (bicyclic) bond motifs is 2. The van der Waals surface area contributed by atoms with E-state index in [0.717, 1.165) is 17.2 Å². The van der Waals surface area contributed by atoms with Crippen molar-refractivity contribution in [2.45, 2.75) is 0 Å². The van der Waals surface area contributed by atoms with E-state index in [0.29, 0.717) is 44.3 Å². The lowest BCUT2D eigenvalue weighted by molar-refractivity contribution is 0.0978. The lowest BCUT2D eigenvalue weighted by Crippen LogP contribution is -2.34. The first-order valence-corrected chi connectivity index (χ1v) is 10.6. The van der Waals surface area contributed by atoms with Crippen LogP contribution < -0.4 is 10.6 Å². The number of halogens is 1. The molecule has 0 radical (unpaired) electrons. The van der Waals surface area contributed by atoms with Gasteiger partial charge in [-0.15, -0.1) is 0 Å². The second-order valence-corrected chi connectivity index (χ2v) is 7.90. The molecule has 0 unspecified atom stereocenters. The largest absolute Gasteiger partial charge is 0.436 e. The fraction of sp³-hybridized carbons (Fsp3) is 0. The number of hydrogen-bond donors (Lipinski definition) is 2. The number of hydrogen-bond acceptors (Lipinski definition) is 7. The zero-order valence-electron chi connectivity index (χ0n) is 15.6. The SMILES string of the molecule is O=C(NC(=S)Nc1ccc2oc(-c3ccccc3Cl)nc2c1)c1ccc2nsnc2c1. The molecule has 31 heavy (non-hydrogen) atoms. The summed E-state index contributed by atoms with van der Waals surface area (Å²) in [6.45, 7) is 0. The van der Waals surface area contributed by atoms with E-state index in [1.54, 1.807) is 42.5 Å². The van der Waals surface area contributed by atoms with E-state index in [-0.39, 0.29) is 11.0 Å². The third-order valence-electron chi connectivity index (χ3n) is 4.49. The molecule has 5 aromatic rings. The van der Waals surface area contributed by atoms with Crippen LogP contribution in [0.2, 0.25) is 5.02 Å². The minimum atomic E-state index is -0.337. The number of oxazole rings is 1. The van der Waals surface area contributed by atoms with Crippen LogP contribution in [0.1, 0.15) is 10.4 Å². The minimum absolute atomic E-state index is 0.163. The van der Waals surface area contributed by atoms with Gasteiger partial charge in [-0.1, -0.05) is 23.7 Å². The molecule has 10 heteroatoms. The first-order valence-electron chi connectivity index (χ1n) is 9.07. The number of amides is 1. The smallest absolute Gasteiger partial charge is 0.257 e. The highest BCUT2D eigenvalue weighted by molar-refractivity contribution is 7.80. The van der Waals surface area contributed by atoms with Crippen molar-refractivity contribution in [1.82, 2.24) is 19.0 Å². The number of rotatable bonds is 3. The zero-order valence-corrected chi connectivity index (χ0v) is 18.0. The van der Waals surface area contributed by atoms with Gasteiger partial charge in [-0.3, -0.25) is 10.1 Å². The van der Waals surface area contributed by atoms with Gasteiger partial charge in [-0.25, -0.2) is 4.98 Å². The molecule has 7 nitrogen and oxygen atoms in total. The van der Waals surface area contributed by atoms with Crippen molar-refractivity contribution in [3.63, 3.8) is 0 Å². The Morgan fingerprint density at radius 3 is 2.71 bits per heavy atom. The van der Waals surface area contributed by atoms with Crippen LogP contribution in [0.15, 0.2) is 65.1 Å². The van der Waals surface area contributed by atoms with Crippen LogP contribution in [-0.4, -0.2) is 24.8 Å². The van der Waals surface area contributed by atoms with Crippen LogP contribution >= 0.6 is 35.5 Å². The van der Waals surface area contributed by atoms with Gasteiger partial charge in [0.25, 0.3) is 5.91 Å². The molecule has 0 aliphatic heterocycles. The van der Waals surface area contributed by atoms with Crippen molar-refractivity contribution in [3.05, 3.63) is 71.2 Å². The van der Waals surface area contributed by atoms with E-state index >= 15 is 0 Å². The Bertz CT molecular complexity index is 1460. The monoisotopic (exact) mass is 465 g/mol. The maximum Gasteiger partial charge on any atom is 0.257 e. The fourth-order valence-electron chi connectivity index (χ4n) is 3.02. The van der Waals surface area contributed by atoms with Crippen LogP contribution in [0.5, 0.6) is 0 Å². The standard InChI is InChI=1S/C21H12ClN5O2S2/c22-14-4-2-1-3-13(14)20-24-17-10-12(6-8-18(17)29-20)23-21(30)25-19(28)11-5-7-15-16(9-11)27-31-26-15/h1-10H,(H2,23,25,28,30). The minimum Gasteiger partial charge on any atom is -0.436 e. The average molecular weight is 466 g/mol. The van der Waals surface area contributed by atoms with E-state index in [2.05, 4.69) is 24.4 Å². The Morgan fingerprint density at radius 1 is 1.00 bits per heavy atom. The number of anilines is 1. The molecule has 0 aliphatic carbocycles. The number of aromatic nitrogens is 3. The average Bonchev–Trinajstić information content (AvgIpc) is 3.39. The third kappa shape index (κ3) is 3.98. The van der Waals surface area contributed by atoms with E-state index in [1.807, 2.05) is 18.2 Å². The highest BCUT2D eigenvalue weighted by Crippen LogP contribution is 2.30. The second kappa shape index (κ2) is 8.03. The molecule has 0 bridgehead atoms. The van der Waals surface area contributed by atoms with Crippen molar-refractivity contribution >= 4 is 74.4 Å². The Morgan fingerprint density at radius 2 is 1.84 bits per heavy atom. The predicted octanol–water partition coefficient (Wildman–Crippen LogP) is 5.28. The van der Waals surface area contributed by atoms with Crippen LogP contribution in [0.3, 0.4) is 0 Å². The van der Waals surface area contributed by atoms with Crippen molar-refractivity contribution < 1.29 is 9.21 Å². The molecule has 152 valence electrons.